The summed E-state index contributed by atoms with van der Waals surface area (Å²) >= 11 is 0. The predicted octanol–water partition coefficient (Wildman–Crippen LogP) is 0.940. The van der Waals surface area contributed by atoms with E-state index in [1.807, 2.05) is 0 Å². The van der Waals surface area contributed by atoms with Crippen molar-refractivity contribution in [1.82, 2.24) is 16.0 Å². The van der Waals surface area contributed by atoms with Gasteiger partial charge < -0.3 is 16.0 Å². The molecule has 1 saturated heterocycles. The molecule has 0 aromatic heterocycles. The molecule has 20 heavy (non-hydrogen) atoms. The highest BCUT2D eigenvalue weighted by molar-refractivity contribution is 5.90. The number of piperidine rings is 1. The van der Waals surface area contributed by atoms with Crippen molar-refractivity contribution in [3.8, 4) is 0 Å². The van der Waals surface area contributed by atoms with E-state index in [0.717, 1.165) is 51.6 Å². The van der Waals surface area contributed by atoms with Gasteiger partial charge in [-0.25, -0.2) is 0 Å². The van der Waals surface area contributed by atoms with Gasteiger partial charge in [0, 0.05) is 12.6 Å². The molecule has 3 N–H and O–H groups in total. The van der Waals surface area contributed by atoms with Crippen LogP contribution >= 0.6 is 0 Å². The van der Waals surface area contributed by atoms with Gasteiger partial charge in [0.1, 0.15) is 6.04 Å². The van der Waals surface area contributed by atoms with E-state index >= 15 is 0 Å². The number of amides is 2. The zero-order valence-corrected chi connectivity index (χ0v) is 12.6. The summed E-state index contributed by atoms with van der Waals surface area (Å²) in [6.45, 7) is 5.58. The summed E-state index contributed by atoms with van der Waals surface area (Å²) in [6.07, 6.45) is 5.93. The number of carbonyl (C=O) groups excluding carboxylic acids is 2. The molecule has 0 radical (unpaired) electrons. The second-order valence-corrected chi connectivity index (χ2v) is 6.29. The minimum atomic E-state index is -0.446. The van der Waals surface area contributed by atoms with Crippen molar-refractivity contribution in [2.24, 2.45) is 5.41 Å². The Bertz CT molecular complexity index is 355. The van der Waals surface area contributed by atoms with Gasteiger partial charge in [-0.05, 0) is 45.6 Å². The molecular formula is C15H27N3O2. The van der Waals surface area contributed by atoms with Gasteiger partial charge in [-0.3, -0.25) is 9.59 Å². The Hall–Kier alpha value is -1.10. The van der Waals surface area contributed by atoms with Gasteiger partial charge >= 0.3 is 0 Å². The van der Waals surface area contributed by atoms with E-state index in [-0.39, 0.29) is 17.2 Å². The number of hydrogen-bond acceptors (Lipinski definition) is 3. The van der Waals surface area contributed by atoms with Crippen LogP contribution in [0.15, 0.2) is 0 Å². The van der Waals surface area contributed by atoms with Crippen LogP contribution in [-0.2, 0) is 9.59 Å². The third-order valence-electron chi connectivity index (χ3n) is 4.35. The molecular weight excluding hydrogens is 254 g/mol. The lowest BCUT2D eigenvalue weighted by atomic mass is 9.76. The number of nitrogens with one attached hydrogen (secondary N) is 3. The largest absolute Gasteiger partial charge is 0.352 e. The molecule has 1 aliphatic heterocycles. The molecule has 2 rings (SSSR count). The van der Waals surface area contributed by atoms with Gasteiger partial charge in [0.05, 0.1) is 5.41 Å². The van der Waals surface area contributed by atoms with E-state index in [2.05, 4.69) is 22.9 Å². The van der Waals surface area contributed by atoms with Crippen molar-refractivity contribution in [1.29, 1.82) is 0 Å². The third kappa shape index (κ3) is 3.72. The summed E-state index contributed by atoms with van der Waals surface area (Å²) in [5.74, 6) is -0.0266. The standard InChI is InChI=1S/C15H27N3O2/c1-3-7-15(8-4-9-16-10-15)14(20)17-11(2)13(19)18-12-5-6-12/h11-12,16H,3-10H2,1-2H3,(H,17,20)(H,18,19). The van der Waals surface area contributed by atoms with Crippen molar-refractivity contribution >= 4 is 11.8 Å². The smallest absolute Gasteiger partial charge is 0.242 e. The Morgan fingerprint density at radius 2 is 2.15 bits per heavy atom. The third-order valence-corrected chi connectivity index (χ3v) is 4.35. The van der Waals surface area contributed by atoms with E-state index in [1.165, 1.54) is 0 Å². The summed E-state index contributed by atoms with van der Waals surface area (Å²) in [4.78, 5) is 24.5. The van der Waals surface area contributed by atoms with E-state index in [9.17, 15) is 9.59 Å². The van der Waals surface area contributed by atoms with Crippen molar-refractivity contribution < 1.29 is 9.59 Å². The predicted molar refractivity (Wildman–Crippen MR) is 78.2 cm³/mol. The lowest BCUT2D eigenvalue weighted by Crippen LogP contribution is -2.55. The molecule has 5 heteroatoms. The van der Waals surface area contributed by atoms with Crippen molar-refractivity contribution in [2.75, 3.05) is 13.1 Å². The first-order chi connectivity index (χ1) is 9.57. The highest BCUT2D eigenvalue weighted by Gasteiger charge is 2.39. The summed E-state index contributed by atoms with van der Waals surface area (Å²) in [6, 6.07) is -0.110. The molecule has 2 atom stereocenters. The minimum Gasteiger partial charge on any atom is -0.352 e. The van der Waals surface area contributed by atoms with Crippen LogP contribution in [0.1, 0.15) is 52.4 Å². The summed E-state index contributed by atoms with van der Waals surface area (Å²) in [5, 5.41) is 9.18. The maximum Gasteiger partial charge on any atom is 0.242 e. The maximum atomic E-state index is 12.6. The molecule has 2 amide bonds. The number of hydrogen-bond donors (Lipinski definition) is 3. The minimum absolute atomic E-state index is 0.0324. The van der Waals surface area contributed by atoms with Gasteiger partial charge in [0.15, 0.2) is 0 Å². The SMILES string of the molecule is CCCC1(C(=O)NC(C)C(=O)NC2CC2)CCCNC1. The van der Waals surface area contributed by atoms with E-state index in [0.29, 0.717) is 6.04 Å². The maximum absolute atomic E-state index is 12.6. The fourth-order valence-corrected chi connectivity index (χ4v) is 2.94. The van der Waals surface area contributed by atoms with Gasteiger partial charge in [-0.1, -0.05) is 13.3 Å². The quantitative estimate of drug-likeness (QED) is 0.678. The zero-order valence-electron chi connectivity index (χ0n) is 12.6. The Morgan fingerprint density at radius 1 is 1.40 bits per heavy atom. The van der Waals surface area contributed by atoms with Crippen LogP contribution in [0, 0.1) is 5.41 Å². The first-order valence-corrected chi connectivity index (χ1v) is 7.89. The monoisotopic (exact) mass is 281 g/mol. The first-order valence-electron chi connectivity index (χ1n) is 7.89. The highest BCUT2D eigenvalue weighted by atomic mass is 16.2. The van der Waals surface area contributed by atoms with Crippen LogP contribution in [0.4, 0.5) is 0 Å². The van der Waals surface area contributed by atoms with Crippen LogP contribution in [0.5, 0.6) is 0 Å². The molecule has 2 aliphatic rings. The average Bonchev–Trinajstić information content (AvgIpc) is 3.24. The summed E-state index contributed by atoms with van der Waals surface area (Å²) < 4.78 is 0. The van der Waals surface area contributed by atoms with Crippen LogP contribution in [0.2, 0.25) is 0 Å². The number of carbonyl (C=O) groups is 2. The summed E-state index contributed by atoms with van der Waals surface area (Å²) in [7, 11) is 0. The second-order valence-electron chi connectivity index (χ2n) is 6.29. The molecule has 0 bridgehead atoms. The molecule has 5 nitrogen and oxygen atoms in total. The van der Waals surface area contributed by atoms with Gasteiger partial charge in [-0.15, -0.1) is 0 Å². The Balaban J connectivity index is 1.91. The van der Waals surface area contributed by atoms with Gasteiger partial charge in [0.25, 0.3) is 0 Å². The summed E-state index contributed by atoms with van der Waals surface area (Å²) in [5.41, 5.74) is -0.332. The van der Waals surface area contributed by atoms with Crippen LogP contribution in [-0.4, -0.2) is 37.0 Å². The lowest BCUT2D eigenvalue weighted by Gasteiger charge is -2.37. The molecule has 114 valence electrons. The number of rotatable bonds is 6. The van der Waals surface area contributed by atoms with Crippen molar-refractivity contribution in [3.05, 3.63) is 0 Å². The van der Waals surface area contributed by atoms with Crippen LogP contribution in [0.3, 0.4) is 0 Å². The Kier molecular flexibility index (Phi) is 5.02. The fraction of sp³-hybridized carbons (Fsp3) is 0.867. The van der Waals surface area contributed by atoms with Gasteiger partial charge in [-0.2, -0.15) is 0 Å². The van der Waals surface area contributed by atoms with E-state index in [4.69, 9.17) is 0 Å². The highest BCUT2D eigenvalue weighted by Crippen LogP contribution is 2.32. The molecule has 1 heterocycles. The topological polar surface area (TPSA) is 70.2 Å². The van der Waals surface area contributed by atoms with Crippen molar-refractivity contribution in [2.45, 2.75) is 64.5 Å². The lowest BCUT2D eigenvalue weighted by molar-refractivity contribution is -0.136. The Morgan fingerprint density at radius 3 is 2.70 bits per heavy atom. The fourth-order valence-electron chi connectivity index (χ4n) is 2.94. The normalized spacial score (nSPS) is 27.7. The van der Waals surface area contributed by atoms with Crippen LogP contribution in [0.25, 0.3) is 0 Å². The zero-order chi connectivity index (χ0) is 14.6. The average molecular weight is 281 g/mol. The first kappa shape index (κ1) is 15.3. The van der Waals surface area contributed by atoms with E-state index < -0.39 is 6.04 Å². The second kappa shape index (κ2) is 6.57. The van der Waals surface area contributed by atoms with Crippen LogP contribution < -0.4 is 16.0 Å². The molecule has 0 spiro atoms. The van der Waals surface area contributed by atoms with Gasteiger partial charge in [0.2, 0.25) is 11.8 Å². The Labute approximate surface area is 121 Å². The molecule has 1 saturated carbocycles. The molecule has 0 aromatic rings. The molecule has 2 fully saturated rings. The van der Waals surface area contributed by atoms with Crippen molar-refractivity contribution in [3.63, 3.8) is 0 Å². The van der Waals surface area contributed by atoms with E-state index in [1.54, 1.807) is 6.92 Å². The molecule has 1 aliphatic carbocycles. The molecule has 2 unspecified atom stereocenters. The molecule has 0 aromatic carbocycles.